The van der Waals surface area contributed by atoms with Gasteiger partial charge in [-0.25, -0.2) is 4.98 Å². The maximum atomic E-state index is 12.9. The summed E-state index contributed by atoms with van der Waals surface area (Å²) in [4.78, 5) is 23.0. The van der Waals surface area contributed by atoms with Crippen molar-refractivity contribution in [3.63, 3.8) is 0 Å². The van der Waals surface area contributed by atoms with Crippen LogP contribution in [-0.4, -0.2) is 15.9 Å². The van der Waals surface area contributed by atoms with Crippen molar-refractivity contribution in [2.45, 2.75) is 19.9 Å². The predicted octanol–water partition coefficient (Wildman–Crippen LogP) is 5.61. The number of nitrogens with one attached hydrogen (secondary N) is 2. The molecular formula is C24H22N4OS. The van der Waals surface area contributed by atoms with E-state index in [0.29, 0.717) is 5.56 Å². The summed E-state index contributed by atoms with van der Waals surface area (Å²) in [7, 11) is 0. The molecule has 0 unspecified atom stereocenters. The van der Waals surface area contributed by atoms with Crippen LogP contribution in [0.1, 0.15) is 38.1 Å². The molecule has 4 aromatic rings. The fourth-order valence-corrected chi connectivity index (χ4v) is 4.38. The quantitative estimate of drug-likeness (QED) is 0.430. The van der Waals surface area contributed by atoms with Crippen LogP contribution in [-0.2, 0) is 0 Å². The molecule has 1 atom stereocenters. The summed E-state index contributed by atoms with van der Waals surface area (Å²) in [5.41, 5.74) is 3.62. The number of carbonyl (C=O) groups excluding carboxylic acids is 1. The van der Waals surface area contributed by atoms with Gasteiger partial charge in [0.1, 0.15) is 10.8 Å². The first-order chi connectivity index (χ1) is 14.6. The summed E-state index contributed by atoms with van der Waals surface area (Å²) >= 11 is 1.58. The predicted molar refractivity (Wildman–Crippen MR) is 122 cm³/mol. The third-order valence-electron chi connectivity index (χ3n) is 4.92. The van der Waals surface area contributed by atoms with Gasteiger partial charge < -0.3 is 10.6 Å². The van der Waals surface area contributed by atoms with E-state index in [-0.39, 0.29) is 11.9 Å². The van der Waals surface area contributed by atoms with E-state index in [1.165, 1.54) is 0 Å². The minimum Gasteiger partial charge on any atom is -0.357 e. The zero-order valence-corrected chi connectivity index (χ0v) is 17.6. The molecule has 2 N–H and O–H groups in total. The van der Waals surface area contributed by atoms with Crippen LogP contribution < -0.4 is 10.6 Å². The van der Waals surface area contributed by atoms with E-state index in [4.69, 9.17) is 0 Å². The van der Waals surface area contributed by atoms with Crippen molar-refractivity contribution in [3.05, 3.63) is 106 Å². The van der Waals surface area contributed by atoms with Crippen molar-refractivity contribution in [2.24, 2.45) is 0 Å². The average molecular weight is 415 g/mol. The first kappa shape index (κ1) is 19.8. The van der Waals surface area contributed by atoms with Crippen molar-refractivity contribution in [2.75, 3.05) is 10.6 Å². The molecule has 0 spiro atoms. The lowest BCUT2D eigenvalue weighted by Crippen LogP contribution is -2.18. The topological polar surface area (TPSA) is 66.9 Å². The summed E-state index contributed by atoms with van der Waals surface area (Å²) in [6.07, 6.45) is 3.53. The van der Waals surface area contributed by atoms with Crippen LogP contribution in [0.3, 0.4) is 0 Å². The van der Waals surface area contributed by atoms with Gasteiger partial charge in [0.15, 0.2) is 0 Å². The number of benzene rings is 1. The van der Waals surface area contributed by atoms with E-state index >= 15 is 0 Å². The maximum Gasteiger partial charge on any atom is 0.256 e. The molecule has 0 aliphatic carbocycles. The first-order valence-corrected chi connectivity index (χ1v) is 10.5. The van der Waals surface area contributed by atoms with Crippen molar-refractivity contribution in [1.82, 2.24) is 9.97 Å². The third kappa shape index (κ3) is 4.23. The van der Waals surface area contributed by atoms with E-state index in [9.17, 15) is 4.79 Å². The fraction of sp³-hybridized carbons (Fsp3) is 0.125. The Morgan fingerprint density at radius 2 is 1.60 bits per heavy atom. The number of aryl methyl sites for hydroxylation is 1. The van der Waals surface area contributed by atoms with Gasteiger partial charge in [0.25, 0.3) is 5.91 Å². The molecule has 0 radical (unpaired) electrons. The number of amides is 1. The molecule has 0 saturated carbocycles. The SMILES string of the molecule is Cc1sc(NC(=O)c2ccccc2)c([C@H](Nc2ccccn2)c2ccccn2)c1C. The van der Waals surface area contributed by atoms with Crippen LogP contribution >= 0.6 is 11.3 Å². The van der Waals surface area contributed by atoms with Gasteiger partial charge in [-0.15, -0.1) is 11.3 Å². The average Bonchev–Trinajstić information content (AvgIpc) is 3.07. The van der Waals surface area contributed by atoms with Crippen LogP contribution in [0.2, 0.25) is 0 Å². The number of pyridine rings is 2. The number of nitrogens with zero attached hydrogens (tertiary/aromatic N) is 2. The number of thiophene rings is 1. The van der Waals surface area contributed by atoms with Gasteiger partial charge in [-0.05, 0) is 55.8 Å². The summed E-state index contributed by atoms with van der Waals surface area (Å²) in [5.74, 6) is 0.618. The summed E-state index contributed by atoms with van der Waals surface area (Å²) in [5, 5.41) is 7.43. The second-order valence-corrected chi connectivity index (χ2v) is 8.12. The van der Waals surface area contributed by atoms with Crippen LogP contribution in [0.5, 0.6) is 0 Å². The standard InChI is InChI=1S/C24H22N4OS/c1-16-17(2)30-24(28-23(29)18-10-4-3-5-11-18)21(16)22(19-12-6-8-14-25-19)27-20-13-7-9-15-26-20/h3-15,22H,1-2H3,(H,26,27)(H,28,29)/t22-/m1/s1. The molecule has 0 aliphatic heterocycles. The monoisotopic (exact) mass is 414 g/mol. The Hall–Kier alpha value is -3.51. The van der Waals surface area contributed by atoms with Crippen LogP contribution in [0.4, 0.5) is 10.8 Å². The lowest BCUT2D eigenvalue weighted by molar-refractivity contribution is 0.102. The Bertz CT molecular complexity index is 1130. The zero-order chi connectivity index (χ0) is 20.9. The Kier molecular flexibility index (Phi) is 5.86. The highest BCUT2D eigenvalue weighted by atomic mass is 32.1. The lowest BCUT2D eigenvalue weighted by atomic mass is 10.00. The van der Waals surface area contributed by atoms with Crippen molar-refractivity contribution in [1.29, 1.82) is 0 Å². The largest absolute Gasteiger partial charge is 0.357 e. The number of hydrogen-bond donors (Lipinski definition) is 2. The second kappa shape index (κ2) is 8.88. The van der Waals surface area contributed by atoms with Crippen molar-refractivity contribution in [3.8, 4) is 0 Å². The van der Waals surface area contributed by atoms with Gasteiger partial charge in [0.05, 0.1) is 11.7 Å². The highest BCUT2D eigenvalue weighted by Crippen LogP contribution is 2.40. The Morgan fingerprint density at radius 1 is 0.900 bits per heavy atom. The molecule has 150 valence electrons. The molecule has 0 fully saturated rings. The molecule has 0 bridgehead atoms. The zero-order valence-electron chi connectivity index (χ0n) is 16.8. The van der Waals surface area contributed by atoms with Gasteiger partial charge in [0, 0.05) is 28.4 Å². The van der Waals surface area contributed by atoms with Gasteiger partial charge in [-0.3, -0.25) is 9.78 Å². The van der Waals surface area contributed by atoms with Crippen molar-refractivity contribution < 1.29 is 4.79 Å². The third-order valence-corrected chi connectivity index (χ3v) is 6.06. The highest BCUT2D eigenvalue weighted by Gasteiger charge is 2.26. The molecule has 1 aromatic carbocycles. The van der Waals surface area contributed by atoms with Gasteiger partial charge in [-0.1, -0.05) is 30.3 Å². The Balaban J connectivity index is 1.76. The Labute approximate surface area is 179 Å². The first-order valence-electron chi connectivity index (χ1n) is 9.68. The molecule has 0 aliphatic rings. The minimum absolute atomic E-state index is 0.129. The molecule has 1 amide bonds. The summed E-state index contributed by atoms with van der Waals surface area (Å²) in [6.45, 7) is 4.15. The van der Waals surface area contributed by atoms with Gasteiger partial charge in [-0.2, -0.15) is 0 Å². The number of carbonyl (C=O) groups is 1. The molecule has 0 saturated heterocycles. The van der Waals surface area contributed by atoms with Crippen LogP contribution in [0.25, 0.3) is 0 Å². The number of anilines is 2. The molecule has 6 heteroatoms. The molecule has 5 nitrogen and oxygen atoms in total. The van der Waals surface area contributed by atoms with E-state index in [0.717, 1.165) is 32.5 Å². The normalized spacial score (nSPS) is 11.7. The number of hydrogen-bond acceptors (Lipinski definition) is 5. The van der Waals surface area contributed by atoms with Crippen molar-refractivity contribution >= 4 is 28.1 Å². The Morgan fingerprint density at radius 3 is 2.27 bits per heavy atom. The van der Waals surface area contributed by atoms with Gasteiger partial charge in [0.2, 0.25) is 0 Å². The van der Waals surface area contributed by atoms with E-state index in [2.05, 4.69) is 34.4 Å². The maximum absolute atomic E-state index is 12.9. The number of rotatable bonds is 6. The molecule has 3 heterocycles. The smallest absolute Gasteiger partial charge is 0.256 e. The van der Waals surface area contributed by atoms with Crippen LogP contribution in [0, 0.1) is 13.8 Å². The van der Waals surface area contributed by atoms with Crippen LogP contribution in [0.15, 0.2) is 79.1 Å². The molecule has 3 aromatic heterocycles. The molecule has 30 heavy (non-hydrogen) atoms. The summed E-state index contributed by atoms with van der Waals surface area (Å²) < 4.78 is 0. The summed E-state index contributed by atoms with van der Waals surface area (Å²) in [6, 6.07) is 20.6. The molecular weight excluding hydrogens is 392 g/mol. The highest BCUT2D eigenvalue weighted by molar-refractivity contribution is 7.16. The second-order valence-electron chi connectivity index (χ2n) is 6.89. The fourth-order valence-electron chi connectivity index (χ4n) is 3.29. The van der Waals surface area contributed by atoms with E-state index in [1.54, 1.807) is 23.7 Å². The minimum atomic E-state index is -0.253. The van der Waals surface area contributed by atoms with E-state index < -0.39 is 0 Å². The number of aromatic nitrogens is 2. The lowest BCUT2D eigenvalue weighted by Gasteiger charge is -2.21. The molecule has 4 rings (SSSR count). The van der Waals surface area contributed by atoms with E-state index in [1.807, 2.05) is 66.7 Å². The van der Waals surface area contributed by atoms with Gasteiger partial charge >= 0.3 is 0 Å².